The SMILES string of the molecule is CC(=O)Nc1cccc(NS(=O)(=O)c2ccccc2O)c1. The van der Waals surface area contributed by atoms with Crippen LogP contribution in [-0.4, -0.2) is 19.4 Å². The van der Waals surface area contributed by atoms with Gasteiger partial charge in [-0.15, -0.1) is 0 Å². The first-order valence-electron chi connectivity index (χ1n) is 6.07. The Bertz CT molecular complexity index is 772. The van der Waals surface area contributed by atoms with E-state index in [0.29, 0.717) is 5.69 Å². The minimum absolute atomic E-state index is 0.213. The summed E-state index contributed by atoms with van der Waals surface area (Å²) in [7, 11) is -3.90. The number of carbonyl (C=O) groups is 1. The molecule has 2 aromatic carbocycles. The molecule has 0 spiro atoms. The quantitative estimate of drug-likeness (QED) is 0.806. The predicted octanol–water partition coefficient (Wildman–Crippen LogP) is 2.15. The van der Waals surface area contributed by atoms with E-state index in [0.717, 1.165) is 0 Å². The molecular formula is C14H14N2O4S. The maximum absolute atomic E-state index is 12.2. The molecule has 0 aromatic heterocycles. The molecule has 0 atom stereocenters. The van der Waals surface area contributed by atoms with Crippen LogP contribution in [0.3, 0.4) is 0 Å². The number of carbonyl (C=O) groups excluding carboxylic acids is 1. The van der Waals surface area contributed by atoms with Crippen molar-refractivity contribution in [2.24, 2.45) is 0 Å². The normalized spacial score (nSPS) is 10.9. The summed E-state index contributed by atoms with van der Waals surface area (Å²) in [6.07, 6.45) is 0. The van der Waals surface area contributed by atoms with Gasteiger partial charge < -0.3 is 10.4 Å². The van der Waals surface area contributed by atoms with Gasteiger partial charge in [-0.2, -0.15) is 0 Å². The second kappa shape index (κ2) is 5.84. The summed E-state index contributed by atoms with van der Waals surface area (Å²) in [4.78, 5) is 10.8. The van der Waals surface area contributed by atoms with Gasteiger partial charge in [-0.3, -0.25) is 9.52 Å². The summed E-state index contributed by atoms with van der Waals surface area (Å²) in [5.41, 5.74) is 0.754. The highest BCUT2D eigenvalue weighted by Crippen LogP contribution is 2.25. The standard InChI is InChI=1S/C14H14N2O4S/c1-10(17)15-11-5-4-6-12(9-11)16-21(19,20)14-8-3-2-7-13(14)18/h2-9,16,18H,1H3,(H,15,17). The van der Waals surface area contributed by atoms with E-state index in [1.54, 1.807) is 18.2 Å². The summed E-state index contributed by atoms with van der Waals surface area (Å²) in [6.45, 7) is 1.36. The van der Waals surface area contributed by atoms with E-state index in [1.165, 1.54) is 37.3 Å². The lowest BCUT2D eigenvalue weighted by atomic mass is 10.3. The molecule has 0 saturated heterocycles. The van der Waals surface area contributed by atoms with Gasteiger partial charge in [0.15, 0.2) is 0 Å². The molecular weight excluding hydrogens is 292 g/mol. The lowest BCUT2D eigenvalue weighted by Gasteiger charge is -2.10. The monoisotopic (exact) mass is 306 g/mol. The van der Waals surface area contributed by atoms with Crippen molar-refractivity contribution >= 4 is 27.3 Å². The molecule has 0 bridgehead atoms. The summed E-state index contributed by atoms with van der Waals surface area (Å²) in [5.74, 6) is -0.585. The van der Waals surface area contributed by atoms with Gasteiger partial charge in [0.2, 0.25) is 5.91 Å². The van der Waals surface area contributed by atoms with Crippen LogP contribution in [0.5, 0.6) is 5.75 Å². The van der Waals surface area contributed by atoms with Gasteiger partial charge >= 0.3 is 0 Å². The summed E-state index contributed by atoms with van der Waals surface area (Å²) in [6, 6.07) is 11.9. The molecule has 0 heterocycles. The number of hydrogen-bond donors (Lipinski definition) is 3. The number of nitrogens with one attached hydrogen (secondary N) is 2. The van der Waals surface area contributed by atoms with Crippen LogP contribution in [-0.2, 0) is 14.8 Å². The number of hydrogen-bond acceptors (Lipinski definition) is 4. The number of benzene rings is 2. The van der Waals surface area contributed by atoms with Crippen LogP contribution < -0.4 is 10.0 Å². The fraction of sp³-hybridized carbons (Fsp3) is 0.0714. The first-order chi connectivity index (χ1) is 9.88. The molecule has 21 heavy (non-hydrogen) atoms. The van der Waals surface area contributed by atoms with E-state index in [4.69, 9.17) is 0 Å². The zero-order chi connectivity index (χ0) is 15.5. The molecule has 0 aliphatic rings. The number of phenols is 1. The third-order valence-corrected chi connectivity index (χ3v) is 4.02. The third kappa shape index (κ3) is 3.73. The van der Waals surface area contributed by atoms with Gasteiger partial charge in [0.1, 0.15) is 10.6 Å². The molecule has 0 radical (unpaired) electrons. The van der Waals surface area contributed by atoms with Gasteiger partial charge in [0, 0.05) is 12.6 Å². The first kappa shape index (κ1) is 14.9. The molecule has 0 aliphatic carbocycles. The van der Waals surface area contributed by atoms with Gasteiger partial charge in [0.25, 0.3) is 10.0 Å². The summed E-state index contributed by atoms with van der Waals surface area (Å²) < 4.78 is 26.7. The van der Waals surface area contributed by atoms with E-state index < -0.39 is 10.0 Å². The van der Waals surface area contributed by atoms with Crippen molar-refractivity contribution in [2.75, 3.05) is 10.0 Å². The van der Waals surface area contributed by atoms with Gasteiger partial charge in [0.05, 0.1) is 5.69 Å². The Kier molecular flexibility index (Phi) is 4.13. The topological polar surface area (TPSA) is 95.5 Å². The minimum Gasteiger partial charge on any atom is -0.507 e. The second-order valence-corrected chi connectivity index (χ2v) is 5.99. The van der Waals surface area contributed by atoms with Crippen LogP contribution in [0.1, 0.15) is 6.92 Å². The highest BCUT2D eigenvalue weighted by atomic mass is 32.2. The van der Waals surface area contributed by atoms with E-state index in [2.05, 4.69) is 10.0 Å². The number of rotatable bonds is 4. The number of sulfonamides is 1. The lowest BCUT2D eigenvalue weighted by Crippen LogP contribution is -2.13. The highest BCUT2D eigenvalue weighted by molar-refractivity contribution is 7.92. The Morgan fingerprint density at radius 2 is 1.71 bits per heavy atom. The molecule has 6 nitrogen and oxygen atoms in total. The molecule has 0 aliphatic heterocycles. The average Bonchev–Trinajstić information content (AvgIpc) is 2.38. The molecule has 1 amide bonds. The second-order valence-electron chi connectivity index (χ2n) is 4.34. The Morgan fingerprint density at radius 3 is 2.38 bits per heavy atom. The maximum atomic E-state index is 12.2. The Labute approximate surface area is 122 Å². The van der Waals surface area contributed by atoms with Crippen molar-refractivity contribution in [1.29, 1.82) is 0 Å². The molecule has 0 saturated carbocycles. The summed E-state index contributed by atoms with van der Waals surface area (Å²) in [5, 5.41) is 12.2. The maximum Gasteiger partial charge on any atom is 0.265 e. The van der Waals surface area contributed by atoms with Crippen LogP contribution in [0.25, 0.3) is 0 Å². The average molecular weight is 306 g/mol. The van der Waals surface area contributed by atoms with Crippen LogP contribution in [0.2, 0.25) is 0 Å². The van der Waals surface area contributed by atoms with E-state index in [9.17, 15) is 18.3 Å². The van der Waals surface area contributed by atoms with Gasteiger partial charge in [-0.05, 0) is 30.3 Å². The predicted molar refractivity (Wildman–Crippen MR) is 79.7 cm³/mol. The fourth-order valence-corrected chi connectivity index (χ4v) is 2.91. The summed E-state index contributed by atoms with van der Waals surface area (Å²) >= 11 is 0. The van der Waals surface area contributed by atoms with Crippen molar-refractivity contribution in [3.05, 3.63) is 48.5 Å². The number of phenolic OH excluding ortho intramolecular Hbond substituents is 1. The number of aromatic hydroxyl groups is 1. The van der Waals surface area contributed by atoms with Gasteiger partial charge in [-0.1, -0.05) is 18.2 Å². The molecule has 3 N–H and O–H groups in total. The molecule has 7 heteroatoms. The molecule has 0 fully saturated rings. The van der Waals surface area contributed by atoms with Crippen LogP contribution >= 0.6 is 0 Å². The van der Waals surface area contributed by atoms with Gasteiger partial charge in [-0.25, -0.2) is 8.42 Å². The smallest absolute Gasteiger partial charge is 0.265 e. The molecule has 0 unspecified atom stereocenters. The Morgan fingerprint density at radius 1 is 1.05 bits per heavy atom. The Hall–Kier alpha value is -2.54. The number of para-hydroxylation sites is 1. The zero-order valence-electron chi connectivity index (χ0n) is 11.2. The largest absolute Gasteiger partial charge is 0.507 e. The Balaban J connectivity index is 2.29. The molecule has 2 rings (SSSR count). The van der Waals surface area contributed by atoms with E-state index in [-0.39, 0.29) is 22.2 Å². The van der Waals surface area contributed by atoms with Crippen molar-refractivity contribution in [1.82, 2.24) is 0 Å². The van der Waals surface area contributed by atoms with E-state index >= 15 is 0 Å². The van der Waals surface area contributed by atoms with Crippen molar-refractivity contribution in [3.8, 4) is 5.75 Å². The minimum atomic E-state index is -3.90. The van der Waals surface area contributed by atoms with Crippen molar-refractivity contribution in [3.63, 3.8) is 0 Å². The zero-order valence-corrected chi connectivity index (χ0v) is 12.0. The van der Waals surface area contributed by atoms with Crippen LogP contribution in [0.4, 0.5) is 11.4 Å². The van der Waals surface area contributed by atoms with Crippen LogP contribution in [0.15, 0.2) is 53.4 Å². The van der Waals surface area contributed by atoms with Crippen LogP contribution in [0, 0.1) is 0 Å². The number of amides is 1. The first-order valence-corrected chi connectivity index (χ1v) is 7.55. The van der Waals surface area contributed by atoms with E-state index in [1.807, 2.05) is 0 Å². The van der Waals surface area contributed by atoms with Crippen molar-refractivity contribution in [2.45, 2.75) is 11.8 Å². The molecule has 110 valence electrons. The fourth-order valence-electron chi connectivity index (χ4n) is 1.76. The number of anilines is 2. The lowest BCUT2D eigenvalue weighted by molar-refractivity contribution is -0.114. The third-order valence-electron chi connectivity index (χ3n) is 2.59. The van der Waals surface area contributed by atoms with Crippen molar-refractivity contribution < 1.29 is 18.3 Å². The molecule has 2 aromatic rings. The highest BCUT2D eigenvalue weighted by Gasteiger charge is 2.18.